The first-order valence-corrected chi connectivity index (χ1v) is 12.2. The second-order valence-electron chi connectivity index (χ2n) is 7.40. The monoisotopic (exact) mass is 493 g/mol. The van der Waals surface area contributed by atoms with Crippen LogP contribution in [0.4, 0.5) is 27.5 Å². The lowest BCUT2D eigenvalue weighted by atomic mass is 10.2. The maximum absolute atomic E-state index is 12.4. The number of halogens is 2. The minimum Gasteiger partial charge on any atom is -0.369 e. The maximum Gasteiger partial charge on any atom is 0.323 e. The van der Waals surface area contributed by atoms with Crippen molar-refractivity contribution in [2.75, 3.05) is 65.3 Å². The highest BCUT2D eigenvalue weighted by Crippen LogP contribution is 2.19. The topological polar surface area (TPSA) is 76.7 Å². The van der Waals surface area contributed by atoms with E-state index in [4.69, 9.17) is 23.2 Å². The Kier molecular flexibility index (Phi) is 11.9. The zero-order valence-electron chi connectivity index (χ0n) is 19.2. The molecule has 0 saturated heterocycles. The van der Waals surface area contributed by atoms with Crippen molar-refractivity contribution in [2.24, 2.45) is 0 Å². The molecule has 3 N–H and O–H groups in total. The molecule has 0 bridgehead atoms. The van der Waals surface area contributed by atoms with Crippen LogP contribution in [0.25, 0.3) is 0 Å². The molecule has 7 nitrogen and oxygen atoms in total. The lowest BCUT2D eigenvalue weighted by molar-refractivity contribution is -0.116. The van der Waals surface area contributed by atoms with E-state index in [2.05, 4.69) is 39.6 Å². The van der Waals surface area contributed by atoms with Crippen molar-refractivity contribution >= 4 is 57.9 Å². The van der Waals surface area contributed by atoms with E-state index in [-0.39, 0.29) is 11.9 Å². The number of urea groups is 1. The number of rotatable bonds is 13. The molecule has 0 unspecified atom stereocenters. The Morgan fingerprint density at radius 2 is 1.36 bits per heavy atom. The van der Waals surface area contributed by atoms with Crippen LogP contribution in [0.3, 0.4) is 0 Å². The molecule has 0 heterocycles. The van der Waals surface area contributed by atoms with Crippen LogP contribution >= 0.6 is 23.2 Å². The Balaban J connectivity index is 1.89. The number of nitrogens with one attached hydrogen (secondary N) is 3. The summed E-state index contributed by atoms with van der Waals surface area (Å²) in [5, 5.41) is 8.49. The Bertz CT molecular complexity index is 869. The second-order valence-corrected chi connectivity index (χ2v) is 8.15. The third kappa shape index (κ3) is 9.50. The molecule has 2 rings (SSSR count). The molecule has 2 aromatic carbocycles. The van der Waals surface area contributed by atoms with Crippen molar-refractivity contribution in [2.45, 2.75) is 20.3 Å². The standard InChI is InChI=1S/C24H33Cl2N5O2/c1-3-30(4-2)15-12-23(32)27-20-6-5-7-21(18-20)29-24(33)28-19-8-10-22(11-9-19)31(16-13-25)17-14-26/h5-11,18H,3-4,12-17H2,1-2H3,(H,27,32)(H2,28,29,33). The summed E-state index contributed by atoms with van der Waals surface area (Å²) >= 11 is 11.7. The van der Waals surface area contributed by atoms with E-state index in [9.17, 15) is 9.59 Å². The summed E-state index contributed by atoms with van der Waals surface area (Å²) in [6, 6.07) is 14.2. The molecule has 0 fully saturated rings. The van der Waals surface area contributed by atoms with Crippen molar-refractivity contribution in [1.82, 2.24) is 4.90 Å². The Morgan fingerprint density at radius 1 is 0.788 bits per heavy atom. The predicted octanol–water partition coefficient (Wildman–Crippen LogP) is 5.29. The lowest BCUT2D eigenvalue weighted by Crippen LogP contribution is -2.27. The van der Waals surface area contributed by atoms with Gasteiger partial charge in [-0.15, -0.1) is 23.2 Å². The second kappa shape index (κ2) is 14.6. The van der Waals surface area contributed by atoms with E-state index in [1.165, 1.54) is 0 Å². The number of hydrogen-bond acceptors (Lipinski definition) is 4. The number of amides is 3. The minimum atomic E-state index is -0.369. The van der Waals surface area contributed by atoms with Crippen LogP contribution in [0, 0.1) is 0 Å². The molecule has 9 heteroatoms. The van der Waals surface area contributed by atoms with Crippen LogP contribution in [0.1, 0.15) is 20.3 Å². The SMILES string of the molecule is CCN(CC)CCC(=O)Nc1cccc(NC(=O)Nc2ccc(N(CCCl)CCCl)cc2)c1. The molecule has 0 spiro atoms. The van der Waals surface area contributed by atoms with Gasteiger partial charge in [-0.2, -0.15) is 0 Å². The van der Waals surface area contributed by atoms with Crippen LogP contribution < -0.4 is 20.9 Å². The zero-order valence-corrected chi connectivity index (χ0v) is 20.8. The highest BCUT2D eigenvalue weighted by Gasteiger charge is 2.09. The fourth-order valence-corrected chi connectivity index (χ4v) is 3.73. The largest absolute Gasteiger partial charge is 0.369 e. The fourth-order valence-electron chi connectivity index (χ4n) is 3.32. The number of nitrogens with zero attached hydrogens (tertiary/aromatic N) is 2. The van der Waals surface area contributed by atoms with Gasteiger partial charge >= 0.3 is 6.03 Å². The van der Waals surface area contributed by atoms with Crippen molar-refractivity contribution in [3.05, 3.63) is 48.5 Å². The van der Waals surface area contributed by atoms with Gasteiger partial charge in [0.15, 0.2) is 0 Å². The highest BCUT2D eigenvalue weighted by atomic mass is 35.5. The Hall–Kier alpha value is -2.48. The molecule has 0 aliphatic heterocycles. The van der Waals surface area contributed by atoms with Gasteiger partial charge in [0.2, 0.25) is 5.91 Å². The van der Waals surface area contributed by atoms with E-state index in [1.54, 1.807) is 24.3 Å². The maximum atomic E-state index is 12.4. The third-order valence-electron chi connectivity index (χ3n) is 5.15. The van der Waals surface area contributed by atoms with Crippen molar-refractivity contribution in [3.63, 3.8) is 0 Å². The van der Waals surface area contributed by atoms with Gasteiger partial charge in [-0.1, -0.05) is 19.9 Å². The first-order valence-electron chi connectivity index (χ1n) is 11.2. The van der Waals surface area contributed by atoms with Gasteiger partial charge in [0.1, 0.15) is 0 Å². The normalized spacial score (nSPS) is 10.7. The summed E-state index contributed by atoms with van der Waals surface area (Å²) in [5.41, 5.74) is 2.88. The number of hydrogen-bond donors (Lipinski definition) is 3. The third-order valence-corrected chi connectivity index (χ3v) is 5.49. The number of carbonyl (C=O) groups is 2. The molecular weight excluding hydrogens is 461 g/mol. The minimum absolute atomic E-state index is 0.0547. The molecule has 180 valence electrons. The predicted molar refractivity (Wildman–Crippen MR) is 140 cm³/mol. The smallest absolute Gasteiger partial charge is 0.323 e. The van der Waals surface area contributed by atoms with E-state index in [0.29, 0.717) is 54.9 Å². The van der Waals surface area contributed by atoms with Gasteiger partial charge in [0.25, 0.3) is 0 Å². The van der Waals surface area contributed by atoms with Gasteiger partial charge in [0, 0.05) is 60.6 Å². The van der Waals surface area contributed by atoms with Crippen LogP contribution in [0.5, 0.6) is 0 Å². The van der Waals surface area contributed by atoms with Gasteiger partial charge in [-0.3, -0.25) is 4.79 Å². The molecule has 0 saturated carbocycles. The average molecular weight is 494 g/mol. The molecule has 0 radical (unpaired) electrons. The molecule has 0 aliphatic carbocycles. The summed E-state index contributed by atoms with van der Waals surface area (Å²) in [6.07, 6.45) is 0.420. The van der Waals surface area contributed by atoms with E-state index >= 15 is 0 Å². The first-order chi connectivity index (χ1) is 16.0. The molecule has 0 atom stereocenters. The Morgan fingerprint density at radius 3 is 1.94 bits per heavy atom. The fraction of sp³-hybridized carbons (Fsp3) is 0.417. The van der Waals surface area contributed by atoms with Gasteiger partial charge in [-0.05, 0) is 55.6 Å². The summed E-state index contributed by atoms with van der Waals surface area (Å²) in [4.78, 5) is 28.9. The highest BCUT2D eigenvalue weighted by molar-refractivity contribution is 6.18. The molecule has 2 aromatic rings. The summed E-state index contributed by atoms with van der Waals surface area (Å²) < 4.78 is 0. The molecular formula is C24H33Cl2N5O2. The van der Waals surface area contributed by atoms with Crippen molar-refractivity contribution in [1.29, 1.82) is 0 Å². The van der Waals surface area contributed by atoms with Crippen LogP contribution in [-0.2, 0) is 4.79 Å². The van der Waals surface area contributed by atoms with E-state index < -0.39 is 0 Å². The zero-order chi connectivity index (χ0) is 24.1. The molecule has 0 aromatic heterocycles. The number of carbonyl (C=O) groups excluding carboxylic acids is 2. The summed E-state index contributed by atoms with van der Waals surface area (Å²) in [7, 11) is 0. The first kappa shape index (κ1) is 26.8. The van der Waals surface area contributed by atoms with Gasteiger partial charge in [-0.25, -0.2) is 4.79 Å². The van der Waals surface area contributed by atoms with Crippen molar-refractivity contribution in [3.8, 4) is 0 Å². The molecule has 3 amide bonds. The summed E-state index contributed by atoms with van der Waals surface area (Å²) in [5.74, 6) is 0.963. The average Bonchev–Trinajstić information content (AvgIpc) is 2.80. The van der Waals surface area contributed by atoms with Crippen LogP contribution in [0.2, 0.25) is 0 Å². The molecule has 0 aliphatic rings. The number of anilines is 4. The van der Waals surface area contributed by atoms with E-state index in [1.807, 2.05) is 24.3 Å². The summed E-state index contributed by atoms with van der Waals surface area (Å²) in [6.45, 7) is 8.10. The van der Waals surface area contributed by atoms with E-state index in [0.717, 1.165) is 18.8 Å². The van der Waals surface area contributed by atoms with Crippen LogP contribution in [-0.4, -0.2) is 61.3 Å². The van der Waals surface area contributed by atoms with Gasteiger partial charge in [0.05, 0.1) is 0 Å². The van der Waals surface area contributed by atoms with Crippen molar-refractivity contribution < 1.29 is 9.59 Å². The molecule has 33 heavy (non-hydrogen) atoms. The quantitative estimate of drug-likeness (QED) is 0.331. The number of alkyl halides is 2. The van der Waals surface area contributed by atoms with Crippen LogP contribution in [0.15, 0.2) is 48.5 Å². The Labute approximate surface area is 206 Å². The lowest BCUT2D eigenvalue weighted by Gasteiger charge is -2.23. The van der Waals surface area contributed by atoms with Gasteiger partial charge < -0.3 is 25.8 Å². The number of benzene rings is 2.